The largest absolute Gasteiger partial charge is 0.490 e. The van der Waals surface area contributed by atoms with Gasteiger partial charge in [-0.2, -0.15) is 0 Å². The zero-order chi connectivity index (χ0) is 11.7. The van der Waals surface area contributed by atoms with Crippen LogP contribution in [-0.2, 0) is 0 Å². The first-order chi connectivity index (χ1) is 7.58. The summed E-state index contributed by atoms with van der Waals surface area (Å²) < 4.78 is 5.42. The van der Waals surface area contributed by atoms with Gasteiger partial charge in [0.2, 0.25) is 5.91 Å². The van der Waals surface area contributed by atoms with Crippen molar-refractivity contribution >= 4 is 11.9 Å². The van der Waals surface area contributed by atoms with E-state index in [-0.39, 0.29) is 17.2 Å². The Morgan fingerprint density at radius 2 is 2.06 bits per heavy atom. The molecule has 0 unspecified atom stereocenters. The Labute approximate surface area is 91.8 Å². The van der Waals surface area contributed by atoms with Crippen molar-refractivity contribution in [2.45, 2.75) is 18.9 Å². The molecule has 0 radical (unpaired) electrons. The average molecular weight is 221 g/mol. The van der Waals surface area contributed by atoms with Gasteiger partial charge in [0.25, 0.3) is 0 Å². The Balaban J connectivity index is 2.35. The van der Waals surface area contributed by atoms with Crippen LogP contribution in [0.3, 0.4) is 0 Å². The quantitative estimate of drug-likeness (QED) is 0.794. The summed E-state index contributed by atoms with van der Waals surface area (Å²) in [6, 6.07) is 4.18. The van der Waals surface area contributed by atoms with Gasteiger partial charge in [-0.05, 0) is 31.0 Å². The van der Waals surface area contributed by atoms with Gasteiger partial charge in [0.1, 0.15) is 11.3 Å². The molecule has 3 N–H and O–H groups in total. The number of hydrogen-bond donors (Lipinski definition) is 2. The molecule has 16 heavy (non-hydrogen) atoms. The molecule has 1 aromatic carbocycles. The van der Waals surface area contributed by atoms with Gasteiger partial charge < -0.3 is 15.6 Å². The first-order valence-corrected chi connectivity index (χ1v) is 4.91. The fourth-order valence-corrected chi connectivity index (χ4v) is 1.32. The number of amides is 1. The smallest absolute Gasteiger partial charge is 0.339 e. The van der Waals surface area contributed by atoms with E-state index in [0.717, 1.165) is 12.8 Å². The van der Waals surface area contributed by atoms with Gasteiger partial charge >= 0.3 is 5.97 Å². The van der Waals surface area contributed by atoms with Gasteiger partial charge in [-0.3, -0.25) is 4.79 Å². The van der Waals surface area contributed by atoms with Crippen molar-refractivity contribution in [3.05, 3.63) is 29.3 Å². The zero-order valence-electron chi connectivity index (χ0n) is 8.47. The van der Waals surface area contributed by atoms with Crippen LogP contribution in [0, 0.1) is 0 Å². The van der Waals surface area contributed by atoms with Crippen LogP contribution in [0.5, 0.6) is 5.75 Å². The molecule has 0 atom stereocenters. The molecule has 0 spiro atoms. The monoisotopic (exact) mass is 221 g/mol. The molecular weight excluding hydrogens is 210 g/mol. The van der Waals surface area contributed by atoms with E-state index in [1.165, 1.54) is 18.2 Å². The van der Waals surface area contributed by atoms with Crippen LogP contribution in [-0.4, -0.2) is 23.1 Å². The van der Waals surface area contributed by atoms with Gasteiger partial charge in [-0.1, -0.05) is 0 Å². The van der Waals surface area contributed by atoms with Crippen molar-refractivity contribution in [3.8, 4) is 5.75 Å². The van der Waals surface area contributed by atoms with Gasteiger partial charge in [-0.15, -0.1) is 0 Å². The number of carboxylic acid groups (broad SMARTS) is 1. The summed E-state index contributed by atoms with van der Waals surface area (Å²) in [6.07, 6.45) is 1.99. The van der Waals surface area contributed by atoms with E-state index >= 15 is 0 Å². The molecule has 0 heterocycles. The van der Waals surface area contributed by atoms with E-state index in [9.17, 15) is 9.59 Å². The number of rotatable bonds is 4. The highest BCUT2D eigenvalue weighted by Gasteiger charge is 2.26. The summed E-state index contributed by atoms with van der Waals surface area (Å²) >= 11 is 0. The number of carbonyl (C=O) groups is 2. The van der Waals surface area contributed by atoms with Crippen LogP contribution < -0.4 is 10.5 Å². The Bertz CT molecular complexity index is 451. The second-order valence-electron chi connectivity index (χ2n) is 3.70. The van der Waals surface area contributed by atoms with E-state index in [1.54, 1.807) is 0 Å². The molecule has 1 aliphatic rings. The van der Waals surface area contributed by atoms with Gasteiger partial charge in [0, 0.05) is 5.56 Å². The number of hydrogen-bond acceptors (Lipinski definition) is 3. The Kier molecular flexibility index (Phi) is 2.52. The van der Waals surface area contributed by atoms with Crippen LogP contribution >= 0.6 is 0 Å². The van der Waals surface area contributed by atoms with Crippen molar-refractivity contribution in [2.24, 2.45) is 5.73 Å². The first kappa shape index (κ1) is 10.5. The number of nitrogens with two attached hydrogens (primary N) is 1. The molecule has 1 aromatic rings. The van der Waals surface area contributed by atoms with Crippen LogP contribution in [0.1, 0.15) is 33.6 Å². The van der Waals surface area contributed by atoms with Crippen molar-refractivity contribution in [2.75, 3.05) is 0 Å². The molecule has 1 amide bonds. The average Bonchev–Trinajstić information content (AvgIpc) is 3.01. The summed E-state index contributed by atoms with van der Waals surface area (Å²) in [6.45, 7) is 0. The fraction of sp³-hybridized carbons (Fsp3) is 0.273. The van der Waals surface area contributed by atoms with Gasteiger partial charge in [0.15, 0.2) is 0 Å². The van der Waals surface area contributed by atoms with Crippen molar-refractivity contribution in [3.63, 3.8) is 0 Å². The van der Waals surface area contributed by atoms with Crippen molar-refractivity contribution < 1.29 is 19.4 Å². The highest BCUT2D eigenvalue weighted by atomic mass is 16.5. The standard InChI is InChI=1S/C11H11NO4/c12-10(13)6-1-4-9(16-7-2-3-7)8(5-6)11(14)15/h1,4-5,7H,2-3H2,(H2,12,13)(H,14,15). The molecule has 1 aliphatic carbocycles. The van der Waals surface area contributed by atoms with E-state index in [2.05, 4.69) is 0 Å². The minimum absolute atomic E-state index is 0.0248. The lowest BCUT2D eigenvalue weighted by atomic mass is 10.1. The molecule has 0 saturated heterocycles. The molecule has 5 heteroatoms. The summed E-state index contributed by atoms with van der Waals surface area (Å²) in [4.78, 5) is 21.9. The minimum atomic E-state index is -1.13. The Morgan fingerprint density at radius 1 is 1.38 bits per heavy atom. The summed E-state index contributed by atoms with van der Waals surface area (Å²) in [7, 11) is 0. The number of aromatic carboxylic acids is 1. The van der Waals surface area contributed by atoms with Gasteiger partial charge in [-0.25, -0.2) is 4.79 Å². The van der Waals surface area contributed by atoms with E-state index in [1.807, 2.05) is 0 Å². The molecule has 1 fully saturated rings. The minimum Gasteiger partial charge on any atom is -0.490 e. The number of benzene rings is 1. The summed E-state index contributed by atoms with van der Waals surface area (Å²) in [5, 5.41) is 8.97. The Morgan fingerprint density at radius 3 is 2.56 bits per heavy atom. The van der Waals surface area contributed by atoms with Crippen molar-refractivity contribution in [1.29, 1.82) is 0 Å². The normalized spacial score (nSPS) is 14.5. The number of carbonyl (C=O) groups excluding carboxylic acids is 1. The molecular formula is C11H11NO4. The molecule has 2 rings (SSSR count). The lowest BCUT2D eigenvalue weighted by molar-refractivity contribution is 0.0692. The Hall–Kier alpha value is -2.04. The summed E-state index contributed by atoms with van der Waals surface area (Å²) in [5.41, 5.74) is 5.22. The van der Waals surface area contributed by atoms with Crippen LogP contribution in [0.25, 0.3) is 0 Å². The molecule has 0 aromatic heterocycles. The lowest BCUT2D eigenvalue weighted by Gasteiger charge is -2.08. The highest BCUT2D eigenvalue weighted by Crippen LogP contribution is 2.29. The second kappa shape index (κ2) is 3.84. The van der Waals surface area contributed by atoms with Crippen LogP contribution in [0.4, 0.5) is 0 Å². The number of primary amides is 1. The van der Waals surface area contributed by atoms with Crippen LogP contribution in [0.2, 0.25) is 0 Å². The predicted molar refractivity (Wildman–Crippen MR) is 55.6 cm³/mol. The maximum Gasteiger partial charge on any atom is 0.339 e. The maximum absolute atomic E-state index is 11.0. The third-order valence-corrected chi connectivity index (χ3v) is 2.31. The second-order valence-corrected chi connectivity index (χ2v) is 3.70. The van der Waals surface area contributed by atoms with E-state index in [0.29, 0.717) is 5.75 Å². The van der Waals surface area contributed by atoms with E-state index < -0.39 is 11.9 Å². The third kappa shape index (κ3) is 2.13. The third-order valence-electron chi connectivity index (χ3n) is 2.31. The number of ether oxygens (including phenoxy) is 1. The zero-order valence-corrected chi connectivity index (χ0v) is 8.47. The lowest BCUT2D eigenvalue weighted by Crippen LogP contribution is -2.13. The molecule has 84 valence electrons. The van der Waals surface area contributed by atoms with Crippen molar-refractivity contribution in [1.82, 2.24) is 0 Å². The van der Waals surface area contributed by atoms with E-state index in [4.69, 9.17) is 15.6 Å². The molecule has 1 saturated carbocycles. The first-order valence-electron chi connectivity index (χ1n) is 4.91. The highest BCUT2D eigenvalue weighted by molar-refractivity contribution is 5.98. The summed E-state index contributed by atoms with van der Waals surface area (Å²) in [5.74, 6) is -1.49. The number of carboxylic acids is 1. The molecule has 0 aliphatic heterocycles. The van der Waals surface area contributed by atoms with Gasteiger partial charge in [0.05, 0.1) is 6.10 Å². The SMILES string of the molecule is NC(=O)c1ccc(OC2CC2)c(C(=O)O)c1. The van der Waals surface area contributed by atoms with Crippen LogP contribution in [0.15, 0.2) is 18.2 Å². The topological polar surface area (TPSA) is 89.6 Å². The molecule has 0 bridgehead atoms. The predicted octanol–water partition coefficient (Wildman–Crippen LogP) is 1.02. The maximum atomic E-state index is 11.0. The molecule has 5 nitrogen and oxygen atoms in total. The fourth-order valence-electron chi connectivity index (χ4n) is 1.32.